The number of amides is 4. The molecule has 0 rings (SSSR count). The Morgan fingerprint density at radius 3 is 1.14 bits per heavy atom. The molecule has 0 aromatic heterocycles. The number of hydrazine groups is 1. The number of quaternary nitrogens is 1. The Morgan fingerprint density at radius 2 is 1.08 bits per heavy atom. The molecule has 0 bridgehead atoms. The second-order valence-corrected chi connectivity index (χ2v) is 5.05. The van der Waals surface area contributed by atoms with E-state index in [1.807, 2.05) is 24.7 Å². The van der Waals surface area contributed by atoms with Crippen molar-refractivity contribution in [2.24, 2.45) is 16.0 Å². The highest BCUT2D eigenvalue weighted by Gasteiger charge is 1.82. The van der Waals surface area contributed by atoms with Crippen molar-refractivity contribution >= 4 is 63.8 Å². The Labute approximate surface area is 217 Å². The van der Waals surface area contributed by atoms with Gasteiger partial charge in [0.25, 0.3) is 12.4 Å². The first-order chi connectivity index (χ1) is 17.4. The minimum Gasteiger partial charge on any atom is -0.300 e. The number of ketones is 1. The zero-order chi connectivity index (χ0) is 32.5. The smallest absolute Gasteiger partial charge is 0.289 e. The van der Waals surface area contributed by atoms with Crippen LogP contribution in [0.1, 0.15) is 58.1 Å². The topological polar surface area (TPSA) is 229 Å². The maximum atomic E-state index is 10.8. The van der Waals surface area contributed by atoms with Crippen LogP contribution in [0.5, 0.6) is 0 Å². The fourth-order valence-corrected chi connectivity index (χ4v) is 0.306. The molecule has 36 heavy (non-hydrogen) atoms. The van der Waals surface area contributed by atoms with Gasteiger partial charge in [-0.3, -0.25) is 35.2 Å². The Bertz CT molecular complexity index is 616. The molecule has 0 saturated carbocycles. The van der Waals surface area contributed by atoms with Gasteiger partial charge in [0.1, 0.15) is 5.78 Å². The molecule has 0 spiro atoms. The van der Waals surface area contributed by atoms with Crippen LogP contribution >= 0.6 is 0 Å². The molecule has 0 aliphatic carbocycles. The molecule has 0 aliphatic rings. The lowest BCUT2D eigenvalue weighted by Gasteiger charge is -1.90. The summed E-state index contributed by atoms with van der Waals surface area (Å²) in [5.74, 6) is 6.99. The zero-order valence-electron chi connectivity index (χ0n) is 24.1. The Balaban J connectivity index is -0.0000000464. The van der Waals surface area contributed by atoms with E-state index in [4.69, 9.17) is 7.54 Å². The van der Waals surface area contributed by atoms with E-state index >= 15 is 0 Å². The maximum absolute atomic E-state index is 10.8. The van der Waals surface area contributed by atoms with E-state index < -0.39 is 6.54 Å². The summed E-state index contributed by atoms with van der Waals surface area (Å²) in [5.41, 5.74) is 9.02. The summed E-state index contributed by atoms with van der Waals surface area (Å²) >= 11 is 0. The SMILES string of the molecule is CC(=O)N/N=C/F.CC(=O)NN.CC(=O)NN=C(C)C.CC(=O)N[NH3+].CC(C)=O.O=CF.[3H]C[B].[3H]C[B]. The molecule has 4 radical (unpaired) electrons. The Morgan fingerprint density at radius 1 is 0.833 bits per heavy atom. The molecular formula is C18H41B2F2N8O6+. The van der Waals surface area contributed by atoms with Crippen LogP contribution < -0.4 is 33.4 Å². The quantitative estimate of drug-likeness (QED) is 0.0495. The third kappa shape index (κ3) is 295. The van der Waals surface area contributed by atoms with Crippen LogP contribution in [-0.2, 0) is 28.8 Å². The van der Waals surface area contributed by atoms with Crippen molar-refractivity contribution in [3.63, 3.8) is 0 Å². The van der Waals surface area contributed by atoms with Gasteiger partial charge in [-0.1, -0.05) is 13.6 Å². The molecule has 14 nitrogen and oxygen atoms in total. The third-order valence-corrected chi connectivity index (χ3v) is 1.16. The second-order valence-electron chi connectivity index (χ2n) is 5.05. The average Bonchev–Trinajstić information content (AvgIpc) is 2.78. The summed E-state index contributed by atoms with van der Waals surface area (Å²) in [4.78, 5) is 56.7. The maximum Gasteiger partial charge on any atom is 0.289 e. The van der Waals surface area contributed by atoms with Gasteiger partial charge in [-0.25, -0.2) is 22.1 Å². The summed E-state index contributed by atoms with van der Waals surface area (Å²) in [5, 5.41) is 6.42. The van der Waals surface area contributed by atoms with Crippen molar-refractivity contribution in [1.29, 1.82) is 0 Å². The van der Waals surface area contributed by atoms with Gasteiger partial charge < -0.3 is 4.79 Å². The molecule has 0 saturated heterocycles. The number of hydrogen-bond acceptors (Lipinski definition) is 9. The molecule has 0 aromatic rings. The van der Waals surface area contributed by atoms with Crippen LogP contribution in [0.4, 0.5) is 8.78 Å². The molecule has 0 aromatic carbocycles. The minimum atomic E-state index is -0.750. The lowest BCUT2D eigenvalue weighted by atomic mass is 10.2. The monoisotopic (exact) mass is 529 g/mol. The summed E-state index contributed by atoms with van der Waals surface area (Å²) in [7, 11) is 9.03. The first-order valence-electron chi connectivity index (χ1n) is 10.5. The molecule has 18 heteroatoms. The van der Waals surface area contributed by atoms with Crippen molar-refractivity contribution in [2.45, 2.75) is 69.0 Å². The van der Waals surface area contributed by atoms with Gasteiger partial charge in [0.05, 0.1) is 15.7 Å². The standard InChI is InChI=1S/C5H10N2O.C3H5FN2O.C3H6O.2C2H6N2O.2CH3B.CHFO/c1-4(2)6-7-5(3)8;1-3(7)6-5-2-4;1-3(2)4;2*1-2(5)4-3;2*1-2;2-1-3/h1-3H3,(H,7,8);2H,1H3,(H,6,7);1-2H3;2*3H2,1H3,(H,4,5);2*1H3;1H/p+1/b;5-2+;;;;;;/i;;;;;2*1T;. The van der Waals surface area contributed by atoms with Gasteiger partial charge in [-0.15, -0.1) is 0 Å². The fraction of sp³-hybridized carbons (Fsp3) is 0.556. The Hall–Kier alpha value is -3.53. The number of nitrogens with zero attached hydrogens (tertiary/aromatic N) is 2. The van der Waals surface area contributed by atoms with Crippen LogP contribution in [0.3, 0.4) is 0 Å². The third-order valence-electron chi connectivity index (χ3n) is 1.16. The van der Waals surface area contributed by atoms with E-state index in [9.17, 15) is 32.8 Å². The van der Waals surface area contributed by atoms with E-state index in [0.29, 0.717) is 0 Å². The number of hydrazone groups is 2. The van der Waals surface area contributed by atoms with Gasteiger partial charge >= 0.3 is 0 Å². The molecule has 0 atom stereocenters. The van der Waals surface area contributed by atoms with Gasteiger partial charge in [0.15, 0.2) is 6.47 Å². The van der Waals surface area contributed by atoms with E-state index in [0.717, 1.165) is 5.71 Å². The molecule has 0 fully saturated rings. The van der Waals surface area contributed by atoms with E-state index in [2.05, 4.69) is 48.4 Å². The van der Waals surface area contributed by atoms with Crippen LogP contribution in [0, 0.1) is 0 Å². The normalized spacial score (nSPS) is 7.56. The number of hydrogen-bond donors (Lipinski definition) is 6. The van der Waals surface area contributed by atoms with Gasteiger partial charge in [-0.2, -0.15) is 19.0 Å². The molecule has 9 N–H and O–H groups in total. The highest BCUT2D eigenvalue weighted by atomic mass is 19.1. The molecule has 208 valence electrons. The first kappa shape index (κ1) is 45.9. The van der Waals surface area contributed by atoms with E-state index in [1.165, 1.54) is 41.5 Å². The molecular weight excluding hydrogens is 484 g/mol. The number of nitrogens with one attached hydrogen (secondary N) is 4. The largest absolute Gasteiger partial charge is 0.300 e. The molecule has 4 amide bonds. The van der Waals surface area contributed by atoms with Crippen molar-refractivity contribution in [3.05, 3.63) is 0 Å². The van der Waals surface area contributed by atoms with E-state index in [-0.39, 0.29) is 49.5 Å². The number of halogens is 2. The predicted octanol–water partition coefficient (Wildman–Crippen LogP) is -1.02. The highest BCUT2D eigenvalue weighted by Crippen LogP contribution is 1.68. The summed E-state index contributed by atoms with van der Waals surface area (Å²) in [6.45, 7) is 11.4. The highest BCUT2D eigenvalue weighted by molar-refractivity contribution is 6.05. The van der Waals surface area contributed by atoms with Crippen LogP contribution in [-0.4, -0.2) is 63.8 Å². The number of carbonyl (C=O) groups excluding carboxylic acids is 6. The average molecular weight is 529 g/mol. The molecule has 0 unspecified atom stereocenters. The summed E-state index contributed by atoms with van der Waals surface area (Å²) in [6.07, 6.45) is 0. The van der Waals surface area contributed by atoms with Crippen molar-refractivity contribution in [1.82, 2.24) is 21.7 Å². The lowest BCUT2D eigenvalue weighted by Crippen LogP contribution is -2.66. The second kappa shape index (κ2) is 57.9. The molecule has 0 heterocycles. The number of nitrogens with two attached hydrogens (primary N) is 1. The van der Waals surface area contributed by atoms with Crippen molar-refractivity contribution in [3.8, 4) is 0 Å². The summed E-state index contributed by atoms with van der Waals surface area (Å²) in [6, 6.07) is 0. The van der Waals surface area contributed by atoms with Gasteiger partial charge in [-0.05, 0) is 27.7 Å². The first-order valence-corrected chi connectivity index (χ1v) is 9.08. The van der Waals surface area contributed by atoms with Crippen molar-refractivity contribution < 1.29 is 46.1 Å². The van der Waals surface area contributed by atoms with Crippen LogP contribution in [0.15, 0.2) is 10.2 Å². The molecule has 0 aliphatic heterocycles. The number of rotatable bonds is 2. The van der Waals surface area contributed by atoms with Gasteiger partial charge in [0, 0.05) is 36.1 Å². The van der Waals surface area contributed by atoms with Crippen LogP contribution in [0.2, 0.25) is 13.6 Å². The zero-order valence-corrected chi connectivity index (χ0v) is 22.1. The Kier molecular flexibility index (Phi) is 73.8. The number of Topliss-reactive ketones (excluding diaryl/α,β-unsaturated/α-hetero) is 1. The lowest BCUT2D eigenvalue weighted by molar-refractivity contribution is -0.427. The summed E-state index contributed by atoms with van der Waals surface area (Å²) < 4.78 is 32.4. The van der Waals surface area contributed by atoms with Crippen molar-refractivity contribution in [2.75, 3.05) is 0 Å². The minimum absolute atomic E-state index is 0. The fourth-order valence-electron chi connectivity index (χ4n) is 0.306. The number of carbonyl (C=O) groups is 6. The van der Waals surface area contributed by atoms with Gasteiger partial charge in [0.2, 0.25) is 17.7 Å². The van der Waals surface area contributed by atoms with Crippen LogP contribution in [0.25, 0.3) is 0 Å². The predicted molar refractivity (Wildman–Crippen MR) is 138 cm³/mol. The van der Waals surface area contributed by atoms with E-state index in [1.54, 1.807) is 0 Å².